The molecule has 5 heteroatoms. The lowest BCUT2D eigenvalue weighted by Crippen LogP contribution is -2.13. The standard InChI is InChI=1S/C19H18N2O3/c1-2-11-24-16-9-7-14(8-10-16)12-15(13-20)19(23)21-17-5-3-4-6-18(17)22/h3-10,12,22H,2,11H2,1H3,(H,21,23)/b15-12+. The first-order valence-electron chi connectivity index (χ1n) is 7.58. The minimum atomic E-state index is -0.578. The first kappa shape index (κ1) is 17.1. The summed E-state index contributed by atoms with van der Waals surface area (Å²) in [6.45, 7) is 2.67. The highest BCUT2D eigenvalue weighted by atomic mass is 16.5. The Morgan fingerprint density at radius 2 is 1.96 bits per heavy atom. The SMILES string of the molecule is CCCOc1ccc(/C=C(\C#N)C(=O)Nc2ccccc2O)cc1. The monoisotopic (exact) mass is 322 g/mol. The number of hydrogen-bond donors (Lipinski definition) is 2. The van der Waals surface area contributed by atoms with Crippen LogP contribution in [0.15, 0.2) is 54.1 Å². The average Bonchev–Trinajstić information content (AvgIpc) is 2.60. The van der Waals surface area contributed by atoms with Crippen LogP contribution in [0.5, 0.6) is 11.5 Å². The van der Waals surface area contributed by atoms with Gasteiger partial charge in [-0.25, -0.2) is 0 Å². The van der Waals surface area contributed by atoms with Crippen LogP contribution in [0.25, 0.3) is 6.08 Å². The quantitative estimate of drug-likeness (QED) is 0.482. The van der Waals surface area contributed by atoms with Crippen molar-refractivity contribution in [3.05, 3.63) is 59.7 Å². The van der Waals surface area contributed by atoms with Crippen molar-refractivity contribution in [3.8, 4) is 17.6 Å². The highest BCUT2D eigenvalue weighted by molar-refractivity contribution is 6.10. The normalized spacial score (nSPS) is 10.8. The van der Waals surface area contributed by atoms with Crippen molar-refractivity contribution in [2.45, 2.75) is 13.3 Å². The summed E-state index contributed by atoms with van der Waals surface area (Å²) in [6, 6.07) is 15.3. The second-order valence-corrected chi connectivity index (χ2v) is 5.06. The predicted molar refractivity (Wildman–Crippen MR) is 92.6 cm³/mol. The van der Waals surface area contributed by atoms with Crippen LogP contribution in [0.4, 0.5) is 5.69 Å². The average molecular weight is 322 g/mol. The fraction of sp³-hybridized carbons (Fsp3) is 0.158. The summed E-state index contributed by atoms with van der Waals surface area (Å²) in [5.41, 5.74) is 0.912. The predicted octanol–water partition coefficient (Wildman–Crippen LogP) is 3.73. The number of ether oxygens (including phenoxy) is 1. The highest BCUT2D eigenvalue weighted by Crippen LogP contribution is 2.22. The number of carbonyl (C=O) groups excluding carboxylic acids is 1. The van der Waals surface area contributed by atoms with Gasteiger partial charge in [0.2, 0.25) is 0 Å². The van der Waals surface area contributed by atoms with Crippen LogP contribution in [0.3, 0.4) is 0 Å². The Balaban J connectivity index is 2.12. The number of phenols is 1. The molecule has 2 aromatic rings. The van der Waals surface area contributed by atoms with E-state index in [-0.39, 0.29) is 17.0 Å². The number of nitrogens with zero attached hydrogens (tertiary/aromatic N) is 1. The van der Waals surface area contributed by atoms with E-state index in [1.54, 1.807) is 42.5 Å². The molecule has 2 aromatic carbocycles. The summed E-state index contributed by atoms with van der Waals surface area (Å²) in [6.07, 6.45) is 2.41. The zero-order valence-electron chi connectivity index (χ0n) is 13.3. The summed E-state index contributed by atoms with van der Waals surface area (Å²) in [7, 11) is 0. The molecule has 0 aliphatic heterocycles. The third-order valence-corrected chi connectivity index (χ3v) is 3.18. The zero-order chi connectivity index (χ0) is 17.4. The molecule has 2 N–H and O–H groups in total. The maximum absolute atomic E-state index is 12.2. The molecule has 0 saturated heterocycles. The fourth-order valence-electron chi connectivity index (χ4n) is 1.96. The number of amides is 1. The number of nitriles is 1. The molecule has 0 aromatic heterocycles. The van der Waals surface area contributed by atoms with Crippen molar-refractivity contribution in [3.63, 3.8) is 0 Å². The molecule has 0 aliphatic rings. The van der Waals surface area contributed by atoms with Gasteiger partial charge in [0.15, 0.2) is 0 Å². The number of para-hydroxylation sites is 2. The Kier molecular flexibility index (Phi) is 5.98. The van der Waals surface area contributed by atoms with Gasteiger partial charge in [0.05, 0.1) is 12.3 Å². The third-order valence-electron chi connectivity index (χ3n) is 3.18. The second kappa shape index (κ2) is 8.39. The smallest absolute Gasteiger partial charge is 0.266 e. The third kappa shape index (κ3) is 4.62. The molecule has 0 atom stereocenters. The van der Waals surface area contributed by atoms with Crippen molar-refractivity contribution in [1.29, 1.82) is 5.26 Å². The fourth-order valence-corrected chi connectivity index (χ4v) is 1.96. The number of benzene rings is 2. The van der Waals surface area contributed by atoms with E-state index >= 15 is 0 Å². The minimum absolute atomic E-state index is 0.0550. The molecule has 0 radical (unpaired) electrons. The molecular weight excluding hydrogens is 304 g/mol. The topological polar surface area (TPSA) is 82.3 Å². The van der Waals surface area contributed by atoms with Crippen LogP contribution in [0.2, 0.25) is 0 Å². The van der Waals surface area contributed by atoms with Crippen LogP contribution in [0, 0.1) is 11.3 Å². The summed E-state index contributed by atoms with van der Waals surface area (Å²) in [4.78, 5) is 12.2. The van der Waals surface area contributed by atoms with Crippen molar-refractivity contribution < 1.29 is 14.6 Å². The van der Waals surface area contributed by atoms with Gasteiger partial charge in [0.1, 0.15) is 23.1 Å². The van der Waals surface area contributed by atoms with Gasteiger partial charge in [0, 0.05) is 0 Å². The Morgan fingerprint density at radius 1 is 1.25 bits per heavy atom. The first-order valence-corrected chi connectivity index (χ1v) is 7.58. The Bertz CT molecular complexity index is 774. The molecular formula is C19H18N2O3. The van der Waals surface area contributed by atoms with Crippen molar-refractivity contribution in [2.75, 3.05) is 11.9 Å². The van der Waals surface area contributed by atoms with Crippen LogP contribution < -0.4 is 10.1 Å². The molecule has 122 valence electrons. The molecule has 0 bridgehead atoms. The van der Waals surface area contributed by atoms with Gasteiger partial charge in [-0.3, -0.25) is 4.79 Å². The van der Waals surface area contributed by atoms with E-state index < -0.39 is 5.91 Å². The number of aromatic hydroxyl groups is 1. The molecule has 0 heterocycles. The van der Waals surface area contributed by atoms with Gasteiger partial charge >= 0.3 is 0 Å². The number of hydrogen-bond acceptors (Lipinski definition) is 4. The van der Waals surface area contributed by atoms with Crippen molar-refractivity contribution >= 4 is 17.7 Å². The molecule has 1 amide bonds. The highest BCUT2D eigenvalue weighted by Gasteiger charge is 2.11. The van der Waals surface area contributed by atoms with E-state index in [0.717, 1.165) is 12.2 Å². The van der Waals surface area contributed by atoms with E-state index in [1.807, 2.05) is 13.0 Å². The first-order chi connectivity index (χ1) is 11.6. The lowest BCUT2D eigenvalue weighted by molar-refractivity contribution is -0.112. The Hall–Kier alpha value is -3.26. The van der Waals surface area contributed by atoms with Gasteiger partial charge in [-0.15, -0.1) is 0 Å². The Labute approximate surface area is 140 Å². The molecule has 5 nitrogen and oxygen atoms in total. The maximum Gasteiger partial charge on any atom is 0.266 e. The zero-order valence-corrected chi connectivity index (χ0v) is 13.3. The van der Waals surface area contributed by atoms with Crippen LogP contribution in [-0.4, -0.2) is 17.6 Å². The van der Waals surface area contributed by atoms with E-state index in [9.17, 15) is 15.2 Å². The van der Waals surface area contributed by atoms with Gasteiger partial charge in [0.25, 0.3) is 5.91 Å². The summed E-state index contributed by atoms with van der Waals surface area (Å²) < 4.78 is 5.49. The number of carbonyl (C=O) groups is 1. The van der Waals surface area contributed by atoms with Crippen LogP contribution in [-0.2, 0) is 4.79 Å². The van der Waals surface area contributed by atoms with Gasteiger partial charge in [-0.1, -0.05) is 31.2 Å². The summed E-state index contributed by atoms with van der Waals surface area (Å²) >= 11 is 0. The maximum atomic E-state index is 12.2. The van der Waals surface area contributed by atoms with Crippen molar-refractivity contribution in [2.24, 2.45) is 0 Å². The number of nitrogens with one attached hydrogen (secondary N) is 1. The molecule has 0 aliphatic carbocycles. The van der Waals surface area contributed by atoms with Crippen LogP contribution in [0.1, 0.15) is 18.9 Å². The molecule has 0 spiro atoms. The second-order valence-electron chi connectivity index (χ2n) is 5.06. The van der Waals surface area contributed by atoms with E-state index in [0.29, 0.717) is 12.2 Å². The largest absolute Gasteiger partial charge is 0.506 e. The summed E-state index contributed by atoms with van der Waals surface area (Å²) in [5, 5.41) is 21.4. The molecule has 24 heavy (non-hydrogen) atoms. The number of rotatable bonds is 6. The van der Waals surface area contributed by atoms with E-state index in [2.05, 4.69) is 5.32 Å². The number of phenolic OH excluding ortho intramolecular Hbond substituents is 1. The van der Waals surface area contributed by atoms with E-state index in [1.165, 1.54) is 12.1 Å². The number of anilines is 1. The summed E-state index contributed by atoms with van der Waals surface area (Å²) in [5.74, 6) is 0.108. The van der Waals surface area contributed by atoms with Crippen LogP contribution >= 0.6 is 0 Å². The Morgan fingerprint density at radius 3 is 2.58 bits per heavy atom. The van der Waals surface area contributed by atoms with E-state index in [4.69, 9.17) is 4.74 Å². The molecule has 2 rings (SSSR count). The van der Waals surface area contributed by atoms with Gasteiger partial charge in [-0.05, 0) is 42.3 Å². The molecule has 0 saturated carbocycles. The molecule has 0 fully saturated rings. The molecule has 0 unspecified atom stereocenters. The lowest BCUT2D eigenvalue weighted by atomic mass is 10.1. The van der Waals surface area contributed by atoms with Gasteiger partial charge in [-0.2, -0.15) is 5.26 Å². The van der Waals surface area contributed by atoms with Gasteiger partial charge < -0.3 is 15.2 Å². The lowest BCUT2D eigenvalue weighted by Gasteiger charge is -2.06. The van der Waals surface area contributed by atoms with Crippen molar-refractivity contribution in [1.82, 2.24) is 0 Å². The minimum Gasteiger partial charge on any atom is -0.506 e.